The monoisotopic (exact) mass is 352 g/mol. The molecule has 1 aliphatic rings. The van der Waals surface area contributed by atoms with Crippen molar-refractivity contribution in [3.05, 3.63) is 65.5 Å². The van der Waals surface area contributed by atoms with Crippen LogP contribution in [0.1, 0.15) is 34.3 Å². The van der Waals surface area contributed by atoms with E-state index in [1.807, 2.05) is 56.6 Å². The van der Waals surface area contributed by atoms with Gasteiger partial charge in [0.15, 0.2) is 5.78 Å². The van der Waals surface area contributed by atoms with E-state index in [0.717, 1.165) is 42.0 Å². The first kappa shape index (κ1) is 18.5. The van der Waals surface area contributed by atoms with Crippen molar-refractivity contribution in [3.8, 4) is 5.75 Å². The van der Waals surface area contributed by atoms with Gasteiger partial charge in [0, 0.05) is 24.0 Å². The lowest BCUT2D eigenvalue weighted by Crippen LogP contribution is -2.22. The Morgan fingerprint density at radius 1 is 1.23 bits per heavy atom. The lowest BCUT2D eigenvalue weighted by atomic mass is 10.0. The number of aromatic nitrogens is 1. The largest absolute Gasteiger partial charge is 0.491 e. The summed E-state index contributed by atoms with van der Waals surface area (Å²) >= 11 is 0. The quantitative estimate of drug-likeness (QED) is 0.558. The highest BCUT2D eigenvalue weighted by molar-refractivity contribution is 6.05. The van der Waals surface area contributed by atoms with Gasteiger partial charge < -0.3 is 9.30 Å². The highest BCUT2D eigenvalue weighted by atomic mass is 16.5. The first-order chi connectivity index (χ1) is 12.5. The minimum Gasteiger partial charge on any atom is -0.491 e. The van der Waals surface area contributed by atoms with Gasteiger partial charge >= 0.3 is 0 Å². The Morgan fingerprint density at radius 3 is 2.54 bits per heavy atom. The second-order valence-corrected chi connectivity index (χ2v) is 7.12. The Bertz CT molecular complexity index is 754. The molecule has 1 saturated heterocycles. The topological polar surface area (TPSA) is 34.5 Å². The lowest BCUT2D eigenvalue weighted by molar-refractivity contribution is 0.104. The molecule has 1 fully saturated rings. The molecule has 1 unspecified atom stereocenters. The average molecular weight is 352 g/mol. The Morgan fingerprint density at radius 2 is 1.92 bits per heavy atom. The van der Waals surface area contributed by atoms with Crippen molar-refractivity contribution < 1.29 is 9.53 Å². The van der Waals surface area contributed by atoms with Crippen LogP contribution in [0.3, 0.4) is 0 Å². The molecule has 3 rings (SSSR count). The maximum atomic E-state index is 12.5. The summed E-state index contributed by atoms with van der Waals surface area (Å²) < 4.78 is 8.06. The third-order valence-electron chi connectivity index (χ3n) is 5.05. The summed E-state index contributed by atoms with van der Waals surface area (Å²) in [5, 5.41) is 0. The fourth-order valence-electron chi connectivity index (χ4n) is 3.57. The van der Waals surface area contributed by atoms with Crippen molar-refractivity contribution in [1.29, 1.82) is 0 Å². The van der Waals surface area contributed by atoms with Crippen LogP contribution in [0, 0.1) is 13.8 Å². The maximum Gasteiger partial charge on any atom is 0.185 e. The molecular formula is C22H28N2O2. The Balaban J connectivity index is 1.64. The van der Waals surface area contributed by atoms with Crippen molar-refractivity contribution in [1.82, 2.24) is 9.47 Å². The predicted octanol–water partition coefficient (Wildman–Crippen LogP) is 4.02. The number of rotatable bonds is 7. The van der Waals surface area contributed by atoms with Gasteiger partial charge in [0.1, 0.15) is 12.4 Å². The number of aryl methyl sites for hydroxylation is 2. The lowest BCUT2D eigenvalue weighted by Gasteiger charge is -2.15. The number of ether oxygens (including phenoxy) is 1. The SMILES string of the molecule is Cc1cc(C(=O)/C=C/C2CCCN2C)cc(C)c1OCCn1cccc1. The zero-order valence-electron chi connectivity index (χ0n) is 15.9. The van der Waals surface area contributed by atoms with E-state index in [0.29, 0.717) is 12.6 Å². The van der Waals surface area contributed by atoms with E-state index in [2.05, 4.69) is 16.5 Å². The molecule has 1 aliphatic heterocycles. The summed E-state index contributed by atoms with van der Waals surface area (Å²) in [6.07, 6.45) is 10.2. The first-order valence-corrected chi connectivity index (χ1v) is 9.32. The number of ketones is 1. The van der Waals surface area contributed by atoms with Crippen molar-refractivity contribution >= 4 is 5.78 Å². The summed E-state index contributed by atoms with van der Waals surface area (Å²) in [5.74, 6) is 0.948. The van der Waals surface area contributed by atoms with E-state index in [-0.39, 0.29) is 5.78 Å². The number of hydrogen-bond acceptors (Lipinski definition) is 3. The smallest absolute Gasteiger partial charge is 0.185 e. The number of nitrogens with zero attached hydrogens (tertiary/aromatic N) is 2. The average Bonchev–Trinajstić information content (AvgIpc) is 3.26. The van der Waals surface area contributed by atoms with Crippen molar-refractivity contribution in [2.24, 2.45) is 0 Å². The van der Waals surface area contributed by atoms with Crippen molar-refractivity contribution in [2.45, 2.75) is 39.3 Å². The Labute approximate surface area is 156 Å². The number of allylic oxidation sites excluding steroid dienone is 1. The number of carbonyl (C=O) groups excluding carboxylic acids is 1. The highest BCUT2D eigenvalue weighted by Gasteiger charge is 2.18. The molecule has 0 aliphatic carbocycles. The fourth-order valence-corrected chi connectivity index (χ4v) is 3.57. The van der Waals surface area contributed by atoms with E-state index >= 15 is 0 Å². The summed E-state index contributed by atoms with van der Waals surface area (Å²) in [4.78, 5) is 14.8. The minimum absolute atomic E-state index is 0.0652. The van der Waals surface area contributed by atoms with Crippen LogP contribution < -0.4 is 4.74 Å². The van der Waals surface area contributed by atoms with Crippen LogP contribution in [0.15, 0.2) is 48.8 Å². The van der Waals surface area contributed by atoms with Crippen LogP contribution in [0.25, 0.3) is 0 Å². The molecular weight excluding hydrogens is 324 g/mol. The summed E-state index contributed by atoms with van der Waals surface area (Å²) in [6, 6.07) is 8.27. The van der Waals surface area contributed by atoms with Gasteiger partial charge in [0.2, 0.25) is 0 Å². The second-order valence-electron chi connectivity index (χ2n) is 7.12. The third-order valence-corrected chi connectivity index (χ3v) is 5.05. The molecule has 1 aromatic carbocycles. The molecule has 2 aromatic rings. The Hall–Kier alpha value is -2.33. The van der Waals surface area contributed by atoms with Crippen LogP contribution >= 0.6 is 0 Å². The van der Waals surface area contributed by atoms with Gasteiger partial charge in [-0.15, -0.1) is 0 Å². The zero-order chi connectivity index (χ0) is 18.5. The van der Waals surface area contributed by atoms with Crippen molar-refractivity contribution in [3.63, 3.8) is 0 Å². The number of carbonyl (C=O) groups is 1. The van der Waals surface area contributed by atoms with Crippen LogP contribution in [-0.2, 0) is 6.54 Å². The van der Waals surface area contributed by atoms with E-state index in [9.17, 15) is 4.79 Å². The molecule has 1 aromatic heterocycles. The summed E-state index contributed by atoms with van der Waals surface area (Å²) in [6.45, 7) is 6.53. The van der Waals surface area contributed by atoms with Crippen LogP contribution in [0.4, 0.5) is 0 Å². The molecule has 4 heteroatoms. The van der Waals surface area contributed by atoms with Gasteiger partial charge in [-0.3, -0.25) is 9.69 Å². The van der Waals surface area contributed by atoms with E-state index in [1.54, 1.807) is 6.08 Å². The normalized spacial score (nSPS) is 17.9. The molecule has 0 saturated carbocycles. The summed E-state index contributed by atoms with van der Waals surface area (Å²) in [5.41, 5.74) is 2.74. The van der Waals surface area contributed by atoms with Gasteiger partial charge in [-0.25, -0.2) is 0 Å². The number of likely N-dealkylation sites (N-methyl/N-ethyl adjacent to an activating group) is 1. The minimum atomic E-state index is 0.0652. The van der Waals surface area contributed by atoms with Gasteiger partial charge in [-0.1, -0.05) is 6.08 Å². The third kappa shape index (κ3) is 4.44. The Kier molecular flexibility index (Phi) is 5.94. The van der Waals surface area contributed by atoms with Gasteiger partial charge in [-0.05, 0) is 81.7 Å². The zero-order valence-corrected chi connectivity index (χ0v) is 15.9. The van der Waals surface area contributed by atoms with E-state index < -0.39 is 0 Å². The number of likely N-dealkylation sites (tertiary alicyclic amines) is 1. The molecule has 0 spiro atoms. The molecule has 26 heavy (non-hydrogen) atoms. The predicted molar refractivity (Wildman–Crippen MR) is 105 cm³/mol. The number of benzene rings is 1. The van der Waals surface area contributed by atoms with Crippen LogP contribution in [0.2, 0.25) is 0 Å². The summed E-state index contributed by atoms with van der Waals surface area (Å²) in [7, 11) is 2.11. The van der Waals surface area contributed by atoms with E-state index in [4.69, 9.17) is 4.74 Å². The number of hydrogen-bond donors (Lipinski definition) is 0. The maximum absolute atomic E-state index is 12.5. The molecule has 0 radical (unpaired) electrons. The molecule has 0 N–H and O–H groups in total. The van der Waals surface area contributed by atoms with Gasteiger partial charge in [0.05, 0.1) is 6.54 Å². The molecule has 0 bridgehead atoms. The van der Waals surface area contributed by atoms with Gasteiger partial charge in [-0.2, -0.15) is 0 Å². The van der Waals surface area contributed by atoms with Crippen molar-refractivity contribution in [2.75, 3.05) is 20.2 Å². The van der Waals surface area contributed by atoms with Gasteiger partial charge in [0.25, 0.3) is 0 Å². The molecule has 1 atom stereocenters. The van der Waals surface area contributed by atoms with Crippen LogP contribution in [-0.4, -0.2) is 41.5 Å². The van der Waals surface area contributed by atoms with Crippen LogP contribution in [0.5, 0.6) is 5.75 Å². The molecule has 4 nitrogen and oxygen atoms in total. The standard InChI is InChI=1S/C22H28N2O2/c1-17-15-19(21(25)9-8-20-7-6-10-23(20)3)16-18(2)22(17)26-14-13-24-11-4-5-12-24/h4-5,8-9,11-12,15-16,20H,6-7,10,13-14H2,1-3H3/b9-8+. The fraction of sp³-hybridized carbons (Fsp3) is 0.409. The first-order valence-electron chi connectivity index (χ1n) is 9.32. The molecule has 0 amide bonds. The molecule has 2 heterocycles. The molecule has 138 valence electrons. The van der Waals surface area contributed by atoms with E-state index in [1.165, 1.54) is 6.42 Å². The highest BCUT2D eigenvalue weighted by Crippen LogP contribution is 2.25. The second kappa shape index (κ2) is 8.37.